The molecule has 0 radical (unpaired) electrons. The number of rotatable bonds is 1. The van der Waals surface area contributed by atoms with E-state index >= 15 is 0 Å². The topological polar surface area (TPSA) is 49.9 Å². The molecule has 1 atom stereocenters. The van der Waals surface area contributed by atoms with Crippen molar-refractivity contribution in [3.63, 3.8) is 0 Å². The van der Waals surface area contributed by atoms with Gasteiger partial charge in [-0.3, -0.25) is 14.4 Å². The molecule has 5 heteroatoms. The van der Waals surface area contributed by atoms with E-state index in [1.54, 1.807) is 4.90 Å². The molecule has 1 aromatic rings. The fraction of sp³-hybridized carbons (Fsp3) is 0.500. The Kier molecular flexibility index (Phi) is 3.92. The number of benzene rings is 1. The molecule has 0 aliphatic carbocycles. The molecule has 2 amide bonds. The second kappa shape index (κ2) is 5.85. The van der Waals surface area contributed by atoms with E-state index in [9.17, 15) is 9.59 Å². The van der Waals surface area contributed by atoms with Crippen LogP contribution in [0.3, 0.4) is 0 Å². The summed E-state index contributed by atoms with van der Waals surface area (Å²) in [6.07, 6.45) is 2.66. The smallest absolute Gasteiger partial charge is 0.269 e. The van der Waals surface area contributed by atoms with Crippen molar-refractivity contribution >= 4 is 11.8 Å². The number of amides is 2. The first kappa shape index (κ1) is 14.1. The predicted octanol–water partition coefficient (Wildman–Crippen LogP) is 1.86. The van der Waals surface area contributed by atoms with Crippen molar-refractivity contribution < 1.29 is 14.4 Å². The molecular weight excluding hydrogens is 268 g/mol. The van der Waals surface area contributed by atoms with E-state index in [2.05, 4.69) is 0 Å². The molecule has 1 fully saturated rings. The maximum Gasteiger partial charge on any atom is 0.269 e. The van der Waals surface area contributed by atoms with Crippen LogP contribution in [0, 0.1) is 0 Å². The van der Waals surface area contributed by atoms with Gasteiger partial charge in [-0.2, -0.15) is 0 Å². The number of piperidine rings is 1. The average molecular weight is 288 g/mol. The fourth-order valence-corrected chi connectivity index (χ4v) is 3.07. The lowest BCUT2D eigenvalue weighted by molar-refractivity contribution is -0.207. The molecule has 0 bridgehead atoms. The molecular formula is C16H20N2O3. The zero-order chi connectivity index (χ0) is 14.8. The molecule has 0 aromatic heterocycles. The molecule has 2 aliphatic rings. The number of hydrogen-bond acceptors (Lipinski definition) is 3. The van der Waals surface area contributed by atoms with Crippen molar-refractivity contribution in [2.45, 2.75) is 45.4 Å². The normalized spacial score (nSPS) is 21.9. The van der Waals surface area contributed by atoms with Crippen LogP contribution in [0.1, 0.15) is 37.3 Å². The van der Waals surface area contributed by atoms with Gasteiger partial charge >= 0.3 is 0 Å². The van der Waals surface area contributed by atoms with Crippen LogP contribution >= 0.6 is 0 Å². The lowest BCUT2D eigenvalue weighted by Crippen LogP contribution is -2.52. The molecule has 0 saturated carbocycles. The maximum atomic E-state index is 12.7. The van der Waals surface area contributed by atoms with Crippen LogP contribution in [-0.4, -0.2) is 34.4 Å². The van der Waals surface area contributed by atoms with Gasteiger partial charge in [0.1, 0.15) is 12.6 Å². The van der Waals surface area contributed by atoms with Crippen molar-refractivity contribution in [2.75, 3.05) is 6.54 Å². The third kappa shape index (κ3) is 2.78. The van der Waals surface area contributed by atoms with Crippen molar-refractivity contribution in [1.82, 2.24) is 9.96 Å². The van der Waals surface area contributed by atoms with Crippen LogP contribution in [0.15, 0.2) is 24.3 Å². The van der Waals surface area contributed by atoms with Crippen molar-refractivity contribution in [2.24, 2.45) is 0 Å². The highest BCUT2D eigenvalue weighted by molar-refractivity contribution is 5.86. The van der Waals surface area contributed by atoms with Gasteiger partial charge in [0.15, 0.2) is 0 Å². The summed E-state index contributed by atoms with van der Waals surface area (Å²) in [7, 11) is 0. The Hall–Kier alpha value is -1.88. The first-order chi connectivity index (χ1) is 10.2. The summed E-state index contributed by atoms with van der Waals surface area (Å²) in [5.41, 5.74) is 2.23. The summed E-state index contributed by atoms with van der Waals surface area (Å²) < 4.78 is 0. The molecule has 2 heterocycles. The fourth-order valence-electron chi connectivity index (χ4n) is 3.07. The molecule has 1 unspecified atom stereocenters. The Bertz CT molecular complexity index is 558. The summed E-state index contributed by atoms with van der Waals surface area (Å²) in [6, 6.07) is 7.59. The first-order valence-corrected chi connectivity index (χ1v) is 7.45. The van der Waals surface area contributed by atoms with Gasteiger partial charge in [-0.25, -0.2) is 5.06 Å². The first-order valence-electron chi connectivity index (χ1n) is 7.45. The van der Waals surface area contributed by atoms with Gasteiger partial charge in [-0.05, 0) is 30.4 Å². The lowest BCUT2D eigenvalue weighted by atomic mass is 10.0. The van der Waals surface area contributed by atoms with Crippen molar-refractivity contribution in [3.05, 3.63) is 35.4 Å². The van der Waals surface area contributed by atoms with E-state index in [1.807, 2.05) is 24.3 Å². The molecule has 3 rings (SSSR count). The van der Waals surface area contributed by atoms with E-state index in [4.69, 9.17) is 4.84 Å². The minimum absolute atomic E-state index is 0.0366. The van der Waals surface area contributed by atoms with Crippen LogP contribution in [0.4, 0.5) is 0 Å². The second-order valence-electron chi connectivity index (χ2n) is 5.64. The average Bonchev–Trinajstić information content (AvgIpc) is 2.53. The van der Waals surface area contributed by atoms with Crippen LogP contribution in [-0.2, 0) is 27.6 Å². The van der Waals surface area contributed by atoms with Gasteiger partial charge in [0.05, 0.1) is 6.54 Å². The van der Waals surface area contributed by atoms with Gasteiger partial charge < -0.3 is 4.90 Å². The predicted molar refractivity (Wildman–Crippen MR) is 76.8 cm³/mol. The van der Waals surface area contributed by atoms with Gasteiger partial charge in [-0.15, -0.1) is 0 Å². The van der Waals surface area contributed by atoms with Crippen molar-refractivity contribution in [1.29, 1.82) is 0 Å². The molecule has 0 spiro atoms. The standard InChI is InChI=1S/C16H20N2O3/c1-12(19)17-9-5-4-8-15(17)16(20)18-10-13-6-2-3-7-14(13)11-21-18/h2-3,6-7,15H,4-5,8-11H2,1H3. The molecule has 112 valence electrons. The third-order valence-electron chi connectivity index (χ3n) is 4.25. The SMILES string of the molecule is CC(=O)N1CCCCC1C(=O)N1Cc2ccccc2CO1. The van der Waals surface area contributed by atoms with Gasteiger partial charge in [0, 0.05) is 13.5 Å². The summed E-state index contributed by atoms with van der Waals surface area (Å²) >= 11 is 0. The quantitative estimate of drug-likeness (QED) is 0.792. The highest BCUT2D eigenvalue weighted by Gasteiger charge is 2.35. The van der Waals surface area contributed by atoms with E-state index in [-0.39, 0.29) is 17.9 Å². The second-order valence-corrected chi connectivity index (χ2v) is 5.64. The Balaban J connectivity index is 1.75. The Morgan fingerprint density at radius 3 is 2.71 bits per heavy atom. The molecule has 2 aliphatic heterocycles. The maximum absolute atomic E-state index is 12.7. The number of likely N-dealkylation sites (tertiary alicyclic amines) is 1. The molecule has 1 saturated heterocycles. The Morgan fingerprint density at radius 1 is 1.19 bits per heavy atom. The van der Waals surface area contributed by atoms with Gasteiger partial charge in [0.25, 0.3) is 5.91 Å². The summed E-state index contributed by atoms with van der Waals surface area (Å²) in [5.74, 6) is -0.134. The van der Waals surface area contributed by atoms with Crippen LogP contribution in [0.25, 0.3) is 0 Å². The molecule has 5 nitrogen and oxygen atoms in total. The van der Waals surface area contributed by atoms with E-state index in [1.165, 1.54) is 12.0 Å². The molecule has 21 heavy (non-hydrogen) atoms. The van der Waals surface area contributed by atoms with Crippen molar-refractivity contribution in [3.8, 4) is 0 Å². The number of hydrogen-bond donors (Lipinski definition) is 0. The number of carbonyl (C=O) groups is 2. The van der Waals surface area contributed by atoms with Gasteiger partial charge in [-0.1, -0.05) is 24.3 Å². The highest BCUT2D eigenvalue weighted by Crippen LogP contribution is 2.24. The Morgan fingerprint density at radius 2 is 1.95 bits per heavy atom. The van der Waals surface area contributed by atoms with E-state index in [0.717, 1.165) is 30.4 Å². The Labute approximate surface area is 124 Å². The van der Waals surface area contributed by atoms with E-state index in [0.29, 0.717) is 19.7 Å². The third-order valence-corrected chi connectivity index (χ3v) is 4.25. The number of carbonyl (C=O) groups excluding carboxylic acids is 2. The monoisotopic (exact) mass is 288 g/mol. The van der Waals surface area contributed by atoms with Gasteiger partial charge in [0.2, 0.25) is 5.91 Å². The number of fused-ring (bicyclic) bond motifs is 1. The zero-order valence-electron chi connectivity index (χ0n) is 12.2. The van der Waals surface area contributed by atoms with Crippen LogP contribution < -0.4 is 0 Å². The highest BCUT2D eigenvalue weighted by atomic mass is 16.7. The lowest BCUT2D eigenvalue weighted by Gasteiger charge is -2.38. The van der Waals surface area contributed by atoms with E-state index < -0.39 is 0 Å². The largest absolute Gasteiger partial charge is 0.331 e. The summed E-state index contributed by atoms with van der Waals surface area (Å²) in [4.78, 5) is 31.7. The number of hydroxylamine groups is 2. The minimum atomic E-state index is -0.374. The zero-order valence-corrected chi connectivity index (χ0v) is 12.2. The van der Waals surface area contributed by atoms with Crippen LogP contribution in [0.2, 0.25) is 0 Å². The summed E-state index contributed by atoms with van der Waals surface area (Å²) in [5, 5.41) is 1.42. The summed E-state index contributed by atoms with van der Waals surface area (Å²) in [6.45, 7) is 3.06. The molecule has 0 N–H and O–H groups in total. The number of nitrogens with zero attached hydrogens (tertiary/aromatic N) is 2. The minimum Gasteiger partial charge on any atom is -0.331 e. The van der Waals surface area contributed by atoms with Crippen LogP contribution in [0.5, 0.6) is 0 Å². The molecule has 1 aromatic carbocycles.